The molecule has 1 saturated heterocycles. The number of fused-ring (bicyclic) bond motifs is 3. The van der Waals surface area contributed by atoms with Crippen LogP contribution in [0.25, 0.3) is 10.2 Å². The minimum Gasteiger partial charge on any atom is -0.376 e. The molecule has 7 heteroatoms. The molecule has 0 aromatic carbocycles. The largest absolute Gasteiger partial charge is 0.376 e. The second-order valence-electron chi connectivity index (χ2n) is 7.03. The van der Waals surface area contributed by atoms with E-state index in [2.05, 4.69) is 19.2 Å². The predicted molar refractivity (Wildman–Crippen MR) is 104 cm³/mol. The minimum atomic E-state index is -0.0922. The van der Waals surface area contributed by atoms with Crippen molar-refractivity contribution in [2.24, 2.45) is 0 Å². The van der Waals surface area contributed by atoms with Gasteiger partial charge < -0.3 is 14.8 Å². The third kappa shape index (κ3) is 3.39. The average Bonchev–Trinajstić information content (AvgIpc) is 3.26. The van der Waals surface area contributed by atoms with Crippen LogP contribution in [0.5, 0.6) is 0 Å². The van der Waals surface area contributed by atoms with Gasteiger partial charge in [0.15, 0.2) is 5.16 Å². The van der Waals surface area contributed by atoms with Gasteiger partial charge in [-0.25, -0.2) is 9.97 Å². The minimum absolute atomic E-state index is 0.0922. The second-order valence-corrected chi connectivity index (χ2v) is 8.88. The molecule has 25 heavy (non-hydrogen) atoms. The Morgan fingerprint density at radius 1 is 1.40 bits per heavy atom. The van der Waals surface area contributed by atoms with Gasteiger partial charge in [-0.15, -0.1) is 11.3 Å². The molecule has 2 aromatic rings. The lowest BCUT2D eigenvalue weighted by atomic mass is 9.90. The summed E-state index contributed by atoms with van der Waals surface area (Å²) < 4.78 is 11.9. The van der Waals surface area contributed by atoms with Crippen molar-refractivity contribution in [2.75, 3.05) is 24.7 Å². The molecule has 0 spiro atoms. The Labute approximate surface area is 156 Å². The van der Waals surface area contributed by atoms with E-state index >= 15 is 0 Å². The molecule has 1 fully saturated rings. The summed E-state index contributed by atoms with van der Waals surface area (Å²) in [6, 6.07) is 0. The molecule has 0 amide bonds. The lowest BCUT2D eigenvalue weighted by molar-refractivity contribution is -0.0542. The van der Waals surface area contributed by atoms with Crippen molar-refractivity contribution >= 4 is 39.1 Å². The molecular weight excluding hydrogens is 354 g/mol. The fourth-order valence-electron chi connectivity index (χ4n) is 3.51. The van der Waals surface area contributed by atoms with Crippen molar-refractivity contribution in [2.45, 2.75) is 63.0 Å². The number of rotatable bonds is 5. The molecule has 1 N–H and O–H groups in total. The summed E-state index contributed by atoms with van der Waals surface area (Å²) in [5, 5.41) is 5.58. The first-order valence-corrected chi connectivity index (χ1v) is 11.0. The zero-order valence-electron chi connectivity index (χ0n) is 15.1. The summed E-state index contributed by atoms with van der Waals surface area (Å²) in [7, 11) is 0. The van der Waals surface area contributed by atoms with E-state index in [-0.39, 0.29) is 5.60 Å². The second kappa shape index (κ2) is 7.02. The number of anilines is 1. The third-order valence-electron chi connectivity index (χ3n) is 5.27. The number of thiophene rings is 1. The quantitative estimate of drug-likeness (QED) is 0.619. The van der Waals surface area contributed by atoms with Gasteiger partial charge in [0, 0.05) is 24.4 Å². The number of aromatic nitrogens is 2. The molecule has 2 aliphatic heterocycles. The molecule has 0 radical (unpaired) electrons. The van der Waals surface area contributed by atoms with Crippen LogP contribution in [-0.2, 0) is 22.5 Å². The Bertz CT molecular complexity index is 773. The van der Waals surface area contributed by atoms with E-state index in [4.69, 9.17) is 19.4 Å². The van der Waals surface area contributed by atoms with Gasteiger partial charge in [0.05, 0.1) is 23.7 Å². The molecule has 4 heterocycles. The highest BCUT2D eigenvalue weighted by Crippen LogP contribution is 2.42. The monoisotopic (exact) mass is 379 g/mol. The van der Waals surface area contributed by atoms with Crippen LogP contribution < -0.4 is 5.32 Å². The number of ether oxygens (including phenoxy) is 2. The van der Waals surface area contributed by atoms with Crippen LogP contribution in [0.3, 0.4) is 0 Å². The van der Waals surface area contributed by atoms with Gasteiger partial charge in [-0.1, -0.05) is 18.7 Å². The van der Waals surface area contributed by atoms with E-state index in [1.807, 2.05) is 6.26 Å². The lowest BCUT2D eigenvalue weighted by Crippen LogP contribution is -2.34. The van der Waals surface area contributed by atoms with Crippen molar-refractivity contribution in [3.05, 3.63) is 10.4 Å². The van der Waals surface area contributed by atoms with Crippen LogP contribution in [0, 0.1) is 0 Å². The summed E-state index contributed by atoms with van der Waals surface area (Å²) in [4.78, 5) is 11.9. The van der Waals surface area contributed by atoms with E-state index in [1.165, 1.54) is 15.8 Å². The maximum Gasteiger partial charge on any atom is 0.190 e. The topological polar surface area (TPSA) is 56.3 Å². The molecule has 4 rings (SSSR count). The fraction of sp³-hybridized carbons (Fsp3) is 0.667. The van der Waals surface area contributed by atoms with Crippen LogP contribution in [0.1, 0.15) is 43.6 Å². The maximum absolute atomic E-state index is 6.12. The van der Waals surface area contributed by atoms with Crippen molar-refractivity contribution in [3.63, 3.8) is 0 Å². The Kier molecular flexibility index (Phi) is 4.92. The number of hydrogen-bond donors (Lipinski definition) is 1. The zero-order valence-corrected chi connectivity index (χ0v) is 16.7. The van der Waals surface area contributed by atoms with Gasteiger partial charge in [0.1, 0.15) is 10.6 Å². The van der Waals surface area contributed by atoms with Gasteiger partial charge in [0.25, 0.3) is 0 Å². The Balaban J connectivity index is 1.73. The highest BCUT2D eigenvalue weighted by Gasteiger charge is 2.33. The lowest BCUT2D eigenvalue weighted by Gasteiger charge is -2.33. The number of thioether (sulfide) groups is 1. The summed E-state index contributed by atoms with van der Waals surface area (Å²) in [5.41, 5.74) is 1.28. The molecular formula is C18H25N3O2S2. The van der Waals surface area contributed by atoms with Gasteiger partial charge in [0.2, 0.25) is 0 Å². The van der Waals surface area contributed by atoms with Crippen LogP contribution >= 0.6 is 23.1 Å². The summed E-state index contributed by atoms with van der Waals surface area (Å²) >= 11 is 3.34. The molecule has 5 nitrogen and oxygen atoms in total. The smallest absolute Gasteiger partial charge is 0.190 e. The first-order valence-electron chi connectivity index (χ1n) is 8.97. The van der Waals surface area contributed by atoms with Crippen LogP contribution in [0.15, 0.2) is 5.16 Å². The highest BCUT2D eigenvalue weighted by atomic mass is 32.2. The van der Waals surface area contributed by atoms with E-state index in [0.717, 1.165) is 54.6 Å². The van der Waals surface area contributed by atoms with Gasteiger partial charge in [-0.2, -0.15) is 0 Å². The summed E-state index contributed by atoms with van der Waals surface area (Å²) in [6.07, 6.45) is 6.53. The highest BCUT2D eigenvalue weighted by molar-refractivity contribution is 7.98. The fourth-order valence-corrected chi connectivity index (χ4v) is 5.04. The molecule has 0 saturated carbocycles. The molecule has 0 aliphatic carbocycles. The third-order valence-corrected chi connectivity index (χ3v) is 6.91. The van der Waals surface area contributed by atoms with E-state index in [9.17, 15) is 0 Å². The Morgan fingerprint density at radius 2 is 2.28 bits per heavy atom. The molecule has 2 aromatic heterocycles. The first-order chi connectivity index (χ1) is 12.1. The van der Waals surface area contributed by atoms with E-state index in [0.29, 0.717) is 12.7 Å². The number of hydrogen-bond acceptors (Lipinski definition) is 7. The normalized spacial score (nSPS) is 26.1. The predicted octanol–water partition coefficient (Wildman–Crippen LogP) is 4.25. The maximum atomic E-state index is 6.12. The Hall–Kier alpha value is -0.890. The van der Waals surface area contributed by atoms with Crippen molar-refractivity contribution < 1.29 is 9.47 Å². The number of nitrogens with one attached hydrogen (secondary N) is 1. The SMILES string of the molecule is CC[C@]1(C)Cc2c(sc3nc(SC)nc(NC[C@H]4CCCO4)c23)CO1. The molecule has 0 bridgehead atoms. The summed E-state index contributed by atoms with van der Waals surface area (Å²) in [5.74, 6) is 0.961. The molecule has 136 valence electrons. The average molecular weight is 380 g/mol. The molecule has 2 aliphatic rings. The van der Waals surface area contributed by atoms with Gasteiger partial charge in [-0.05, 0) is 38.0 Å². The Morgan fingerprint density at radius 3 is 3.00 bits per heavy atom. The molecule has 2 atom stereocenters. The van der Waals surface area contributed by atoms with Crippen LogP contribution in [-0.4, -0.2) is 41.1 Å². The summed E-state index contributed by atoms with van der Waals surface area (Å²) in [6.45, 7) is 6.77. The van der Waals surface area contributed by atoms with Gasteiger partial charge in [-0.3, -0.25) is 0 Å². The van der Waals surface area contributed by atoms with Gasteiger partial charge >= 0.3 is 0 Å². The van der Waals surface area contributed by atoms with Crippen molar-refractivity contribution in [3.8, 4) is 0 Å². The standard InChI is InChI=1S/C18H25N3O2S2/c1-4-18(2)8-12-13(10-23-18)25-16-14(12)15(20-17(21-16)24-3)19-9-11-6-5-7-22-11/h11H,4-10H2,1-3H3,(H,19,20,21)/t11-,18-/m1/s1. The number of nitrogens with zero attached hydrogens (tertiary/aromatic N) is 2. The zero-order chi connectivity index (χ0) is 17.4. The van der Waals surface area contributed by atoms with Crippen molar-refractivity contribution in [1.82, 2.24) is 9.97 Å². The first kappa shape index (κ1) is 17.5. The van der Waals surface area contributed by atoms with Crippen LogP contribution in [0.4, 0.5) is 5.82 Å². The van der Waals surface area contributed by atoms with E-state index in [1.54, 1.807) is 23.1 Å². The van der Waals surface area contributed by atoms with E-state index < -0.39 is 0 Å². The van der Waals surface area contributed by atoms with Crippen LogP contribution in [0.2, 0.25) is 0 Å². The molecule has 0 unspecified atom stereocenters. The van der Waals surface area contributed by atoms with Crippen molar-refractivity contribution in [1.29, 1.82) is 0 Å².